The highest BCUT2D eigenvalue weighted by Gasteiger charge is 2.10. The van der Waals surface area contributed by atoms with Gasteiger partial charge in [0.1, 0.15) is 11.5 Å². The van der Waals surface area contributed by atoms with Gasteiger partial charge in [-0.2, -0.15) is 5.10 Å². The highest BCUT2D eigenvalue weighted by atomic mass is 16.5. The third kappa shape index (κ3) is 3.70. The van der Waals surface area contributed by atoms with E-state index in [4.69, 9.17) is 15.2 Å². The fraction of sp³-hybridized carbons (Fsp3) is 0.250. The van der Waals surface area contributed by atoms with Gasteiger partial charge < -0.3 is 15.2 Å². The minimum absolute atomic E-state index is 0.467. The second-order valence-electron chi connectivity index (χ2n) is 3.57. The van der Waals surface area contributed by atoms with Crippen molar-refractivity contribution in [1.82, 2.24) is 5.43 Å². The highest BCUT2D eigenvalue weighted by Crippen LogP contribution is 2.24. The van der Waals surface area contributed by atoms with Crippen LogP contribution in [0.1, 0.15) is 12.5 Å². The van der Waals surface area contributed by atoms with E-state index < -0.39 is 11.8 Å². The molecule has 0 fully saturated rings. The zero-order chi connectivity index (χ0) is 14.4. The average Bonchev–Trinajstić information content (AvgIpc) is 2.43. The molecule has 1 aromatic carbocycles. The number of hydrazone groups is 1. The van der Waals surface area contributed by atoms with E-state index in [1.165, 1.54) is 7.11 Å². The van der Waals surface area contributed by atoms with Crippen molar-refractivity contribution in [3.05, 3.63) is 23.8 Å². The summed E-state index contributed by atoms with van der Waals surface area (Å²) in [4.78, 5) is 21.5. The third-order valence-corrected chi connectivity index (χ3v) is 2.35. The maximum atomic E-state index is 11.0. The van der Waals surface area contributed by atoms with E-state index in [0.717, 1.165) is 0 Å². The number of rotatable bonds is 4. The van der Waals surface area contributed by atoms with Crippen molar-refractivity contribution in [2.24, 2.45) is 10.8 Å². The molecule has 0 bridgehead atoms. The summed E-state index contributed by atoms with van der Waals surface area (Å²) in [5.74, 6) is -0.909. The van der Waals surface area contributed by atoms with Crippen LogP contribution in [0.2, 0.25) is 0 Å². The highest BCUT2D eigenvalue weighted by molar-refractivity contribution is 6.34. The van der Waals surface area contributed by atoms with Crippen molar-refractivity contribution < 1.29 is 19.1 Å². The zero-order valence-corrected chi connectivity index (χ0v) is 10.9. The monoisotopic (exact) mass is 265 g/mol. The molecule has 0 aliphatic rings. The van der Waals surface area contributed by atoms with Crippen molar-refractivity contribution in [1.29, 1.82) is 0 Å². The standard InChI is InChI=1S/C12H15N3O4/c1-7(14-15-12(17)11(13)16)9-5-4-8(18-2)6-10(9)19-3/h4-6H,1-3H3,(H2,13,16)(H,15,17)/b14-7-. The number of carbonyl (C=O) groups is 2. The van der Waals surface area contributed by atoms with Crippen LogP contribution in [-0.2, 0) is 9.59 Å². The summed E-state index contributed by atoms with van der Waals surface area (Å²) in [6.07, 6.45) is 0. The molecule has 0 atom stereocenters. The predicted molar refractivity (Wildman–Crippen MR) is 69.1 cm³/mol. The first-order chi connectivity index (χ1) is 8.99. The Labute approximate surface area is 110 Å². The smallest absolute Gasteiger partial charge is 0.329 e. The normalized spacial score (nSPS) is 10.8. The van der Waals surface area contributed by atoms with Crippen molar-refractivity contribution in [2.45, 2.75) is 6.92 Å². The molecule has 0 aliphatic carbocycles. The topological polar surface area (TPSA) is 103 Å². The lowest BCUT2D eigenvalue weighted by Gasteiger charge is -2.10. The molecule has 7 nitrogen and oxygen atoms in total. The minimum atomic E-state index is -1.10. The third-order valence-electron chi connectivity index (χ3n) is 2.35. The number of ether oxygens (including phenoxy) is 2. The molecule has 19 heavy (non-hydrogen) atoms. The van der Waals surface area contributed by atoms with Gasteiger partial charge in [0.05, 0.1) is 19.9 Å². The molecule has 0 saturated carbocycles. The van der Waals surface area contributed by atoms with E-state index in [-0.39, 0.29) is 0 Å². The number of amides is 2. The van der Waals surface area contributed by atoms with E-state index in [1.54, 1.807) is 32.2 Å². The first-order valence-electron chi connectivity index (χ1n) is 5.36. The number of primary amides is 1. The Hall–Kier alpha value is -2.57. The quantitative estimate of drug-likeness (QED) is 0.455. The molecule has 1 aromatic rings. The summed E-state index contributed by atoms with van der Waals surface area (Å²) >= 11 is 0. The molecule has 0 heterocycles. The lowest BCUT2D eigenvalue weighted by molar-refractivity contribution is -0.137. The molecule has 102 valence electrons. The second-order valence-corrected chi connectivity index (χ2v) is 3.57. The van der Waals surface area contributed by atoms with Gasteiger partial charge in [-0.25, -0.2) is 5.43 Å². The van der Waals surface area contributed by atoms with E-state index in [2.05, 4.69) is 5.10 Å². The molecule has 2 amide bonds. The molecule has 0 aromatic heterocycles. The molecule has 7 heteroatoms. The van der Waals surface area contributed by atoms with E-state index in [9.17, 15) is 9.59 Å². The summed E-state index contributed by atoms with van der Waals surface area (Å²) in [5.41, 5.74) is 7.97. The van der Waals surface area contributed by atoms with Crippen LogP contribution >= 0.6 is 0 Å². The van der Waals surface area contributed by atoms with Gasteiger partial charge in [0.15, 0.2) is 0 Å². The van der Waals surface area contributed by atoms with Crippen LogP contribution in [0.5, 0.6) is 11.5 Å². The van der Waals surface area contributed by atoms with E-state index in [0.29, 0.717) is 22.8 Å². The number of hydrogen-bond donors (Lipinski definition) is 2. The number of methoxy groups -OCH3 is 2. The minimum Gasteiger partial charge on any atom is -0.497 e. The van der Waals surface area contributed by atoms with Crippen LogP contribution in [-0.4, -0.2) is 31.7 Å². The molecule has 1 rings (SSSR count). The molecule has 0 radical (unpaired) electrons. The summed E-state index contributed by atoms with van der Waals surface area (Å²) in [6, 6.07) is 5.14. The van der Waals surface area contributed by atoms with Crippen LogP contribution in [0.15, 0.2) is 23.3 Å². The molecule has 0 spiro atoms. The lowest BCUT2D eigenvalue weighted by atomic mass is 10.1. The molecule has 0 saturated heterocycles. The van der Waals surface area contributed by atoms with Gasteiger partial charge in [-0.1, -0.05) is 0 Å². The Morgan fingerprint density at radius 2 is 1.95 bits per heavy atom. The fourth-order valence-corrected chi connectivity index (χ4v) is 1.35. The first-order valence-corrected chi connectivity index (χ1v) is 5.36. The van der Waals surface area contributed by atoms with Crippen LogP contribution < -0.4 is 20.6 Å². The average molecular weight is 265 g/mol. The molecule has 0 unspecified atom stereocenters. The summed E-state index contributed by atoms with van der Waals surface area (Å²) < 4.78 is 10.3. The number of nitrogens with one attached hydrogen (secondary N) is 1. The van der Waals surface area contributed by atoms with Gasteiger partial charge in [-0.05, 0) is 19.1 Å². The molecular weight excluding hydrogens is 250 g/mol. The van der Waals surface area contributed by atoms with Crippen molar-refractivity contribution in [3.63, 3.8) is 0 Å². The van der Waals surface area contributed by atoms with Crippen molar-refractivity contribution in [2.75, 3.05) is 14.2 Å². The SMILES string of the molecule is COc1ccc(/C(C)=N\NC(=O)C(N)=O)c(OC)c1. The fourth-order valence-electron chi connectivity index (χ4n) is 1.35. The van der Waals surface area contributed by atoms with E-state index in [1.807, 2.05) is 5.43 Å². The van der Waals surface area contributed by atoms with Crippen LogP contribution in [0.25, 0.3) is 0 Å². The summed E-state index contributed by atoms with van der Waals surface area (Å²) in [5, 5.41) is 3.78. The molecule has 0 aliphatic heterocycles. The zero-order valence-electron chi connectivity index (χ0n) is 10.9. The molecule has 3 N–H and O–H groups in total. The van der Waals surface area contributed by atoms with E-state index >= 15 is 0 Å². The van der Waals surface area contributed by atoms with Gasteiger partial charge in [0.25, 0.3) is 0 Å². The van der Waals surface area contributed by atoms with Gasteiger partial charge in [0, 0.05) is 11.6 Å². The Kier molecular flexibility index (Phi) is 4.87. The Balaban J connectivity index is 2.98. The van der Waals surface area contributed by atoms with Crippen LogP contribution in [0.3, 0.4) is 0 Å². The second kappa shape index (κ2) is 6.39. The Bertz CT molecular complexity index is 526. The van der Waals surface area contributed by atoms with Gasteiger partial charge in [-0.15, -0.1) is 0 Å². The lowest BCUT2D eigenvalue weighted by Crippen LogP contribution is -2.33. The first kappa shape index (κ1) is 14.5. The predicted octanol–water partition coefficient (Wildman–Crippen LogP) is 0.0293. The maximum Gasteiger partial charge on any atom is 0.329 e. The van der Waals surface area contributed by atoms with Crippen molar-refractivity contribution >= 4 is 17.5 Å². The Morgan fingerprint density at radius 1 is 1.26 bits per heavy atom. The van der Waals surface area contributed by atoms with Crippen molar-refractivity contribution in [3.8, 4) is 11.5 Å². The Morgan fingerprint density at radius 3 is 2.47 bits per heavy atom. The maximum absolute atomic E-state index is 11.0. The van der Waals surface area contributed by atoms with Gasteiger partial charge in [0.2, 0.25) is 0 Å². The largest absolute Gasteiger partial charge is 0.497 e. The number of nitrogens with zero attached hydrogens (tertiary/aromatic N) is 1. The number of benzene rings is 1. The van der Waals surface area contributed by atoms with Crippen LogP contribution in [0, 0.1) is 0 Å². The number of hydrogen-bond acceptors (Lipinski definition) is 5. The van der Waals surface area contributed by atoms with Gasteiger partial charge in [-0.3, -0.25) is 9.59 Å². The summed E-state index contributed by atoms with van der Waals surface area (Å²) in [6.45, 7) is 1.66. The summed E-state index contributed by atoms with van der Waals surface area (Å²) in [7, 11) is 3.05. The number of carbonyl (C=O) groups excluding carboxylic acids is 2. The van der Waals surface area contributed by atoms with Gasteiger partial charge >= 0.3 is 11.8 Å². The molecular formula is C12H15N3O4. The van der Waals surface area contributed by atoms with Crippen LogP contribution in [0.4, 0.5) is 0 Å². The number of nitrogens with two attached hydrogens (primary N) is 1.